The van der Waals surface area contributed by atoms with E-state index in [1.165, 1.54) is 12.1 Å². The molecule has 2 aromatic carbocycles. The number of carboxylic acid groups (broad SMARTS) is 1. The van der Waals surface area contributed by atoms with Gasteiger partial charge in [-0.15, -0.1) is 0 Å². The van der Waals surface area contributed by atoms with Crippen molar-refractivity contribution in [1.82, 2.24) is 4.57 Å². The van der Waals surface area contributed by atoms with Crippen LogP contribution < -0.4 is 4.74 Å². The second-order valence-corrected chi connectivity index (χ2v) is 6.91. The molecule has 0 amide bonds. The van der Waals surface area contributed by atoms with Crippen LogP contribution in [-0.2, 0) is 13.2 Å². The molecule has 0 saturated carbocycles. The average molecular weight is 399 g/mol. The number of unbranched alkanes of at least 4 members (excludes halogenated alkanes) is 2. The maximum Gasteiger partial charge on any atom is 0.352 e. The first kappa shape index (κ1) is 20.6. The van der Waals surface area contributed by atoms with Crippen LogP contribution in [0.5, 0.6) is 5.75 Å². The second kappa shape index (κ2) is 9.37. The van der Waals surface area contributed by atoms with Gasteiger partial charge >= 0.3 is 5.97 Å². The van der Waals surface area contributed by atoms with Crippen LogP contribution in [0.15, 0.2) is 54.7 Å². The van der Waals surface area contributed by atoms with E-state index in [2.05, 4.69) is 6.92 Å². The van der Waals surface area contributed by atoms with Gasteiger partial charge < -0.3 is 14.4 Å². The van der Waals surface area contributed by atoms with E-state index in [1.54, 1.807) is 22.8 Å². The minimum absolute atomic E-state index is 0.0466. The second-order valence-electron chi connectivity index (χ2n) is 6.91. The van der Waals surface area contributed by atoms with E-state index in [0.29, 0.717) is 17.9 Å². The van der Waals surface area contributed by atoms with Crippen LogP contribution in [0.25, 0.3) is 11.1 Å². The van der Waals surface area contributed by atoms with Gasteiger partial charge in [0, 0.05) is 24.4 Å². The summed E-state index contributed by atoms with van der Waals surface area (Å²) in [4.78, 5) is 11.5. The van der Waals surface area contributed by atoms with Gasteiger partial charge in [-0.05, 0) is 47.9 Å². The lowest BCUT2D eigenvalue weighted by molar-refractivity contribution is 0.0685. The molecule has 1 heterocycles. The topological polar surface area (TPSA) is 51.5 Å². The van der Waals surface area contributed by atoms with Gasteiger partial charge in [0.15, 0.2) is 0 Å². The molecule has 0 unspecified atom stereocenters. The average Bonchev–Trinajstić information content (AvgIpc) is 3.11. The number of aromatic carboxylic acids is 1. The summed E-state index contributed by atoms with van der Waals surface area (Å²) < 4.78 is 33.9. The maximum absolute atomic E-state index is 13.2. The number of carbonyl (C=O) groups is 1. The molecule has 0 radical (unpaired) electrons. The van der Waals surface area contributed by atoms with E-state index < -0.39 is 17.6 Å². The van der Waals surface area contributed by atoms with Crippen LogP contribution >= 0.6 is 0 Å². The third kappa shape index (κ3) is 5.44. The van der Waals surface area contributed by atoms with Gasteiger partial charge in [0.05, 0.1) is 0 Å². The summed E-state index contributed by atoms with van der Waals surface area (Å²) in [7, 11) is 0. The molecule has 0 aliphatic heterocycles. The van der Waals surface area contributed by atoms with Crippen LogP contribution in [0.4, 0.5) is 8.78 Å². The Morgan fingerprint density at radius 3 is 2.31 bits per heavy atom. The Bertz CT molecular complexity index is 960. The molecule has 0 aliphatic rings. The molecule has 3 aromatic rings. The Kier molecular flexibility index (Phi) is 6.65. The van der Waals surface area contributed by atoms with E-state index in [9.17, 15) is 18.7 Å². The SMILES string of the molecule is CCCCCn1cc(-c2ccc(OCc3cc(F)cc(F)c3)cc2)cc1C(=O)O. The van der Waals surface area contributed by atoms with Crippen molar-refractivity contribution in [3.8, 4) is 16.9 Å². The first-order valence-electron chi connectivity index (χ1n) is 9.58. The lowest BCUT2D eigenvalue weighted by Crippen LogP contribution is -2.07. The number of ether oxygens (including phenoxy) is 1. The van der Waals surface area contributed by atoms with Crippen LogP contribution in [-0.4, -0.2) is 15.6 Å². The summed E-state index contributed by atoms with van der Waals surface area (Å²) in [6.45, 7) is 2.82. The largest absolute Gasteiger partial charge is 0.489 e. The Morgan fingerprint density at radius 1 is 1.00 bits per heavy atom. The number of halogens is 2. The fourth-order valence-corrected chi connectivity index (χ4v) is 3.17. The number of aryl methyl sites for hydroxylation is 1. The highest BCUT2D eigenvalue weighted by atomic mass is 19.1. The summed E-state index contributed by atoms with van der Waals surface area (Å²) in [5.74, 6) is -1.68. The van der Waals surface area contributed by atoms with Crippen molar-refractivity contribution in [2.24, 2.45) is 0 Å². The summed E-state index contributed by atoms with van der Waals surface area (Å²) in [5, 5.41) is 9.45. The monoisotopic (exact) mass is 399 g/mol. The van der Waals surface area contributed by atoms with Gasteiger partial charge in [0.2, 0.25) is 0 Å². The fourth-order valence-electron chi connectivity index (χ4n) is 3.17. The Labute approximate surface area is 168 Å². The van der Waals surface area contributed by atoms with Crippen molar-refractivity contribution in [1.29, 1.82) is 0 Å². The van der Waals surface area contributed by atoms with Gasteiger partial charge in [0.1, 0.15) is 29.7 Å². The molecule has 6 heteroatoms. The highest BCUT2D eigenvalue weighted by Gasteiger charge is 2.13. The third-order valence-electron chi connectivity index (χ3n) is 4.63. The lowest BCUT2D eigenvalue weighted by atomic mass is 10.1. The molecule has 0 bridgehead atoms. The number of carboxylic acids is 1. The lowest BCUT2D eigenvalue weighted by Gasteiger charge is -2.07. The molecular formula is C23H23F2NO3. The van der Waals surface area contributed by atoms with Gasteiger partial charge in [-0.2, -0.15) is 0 Å². The molecule has 0 atom stereocenters. The minimum atomic E-state index is -0.949. The van der Waals surface area contributed by atoms with Gasteiger partial charge in [0.25, 0.3) is 0 Å². The van der Waals surface area contributed by atoms with Gasteiger partial charge in [-0.25, -0.2) is 13.6 Å². The first-order chi connectivity index (χ1) is 14.0. The minimum Gasteiger partial charge on any atom is -0.489 e. The molecule has 0 saturated heterocycles. The molecule has 4 nitrogen and oxygen atoms in total. The van der Waals surface area contributed by atoms with Crippen LogP contribution in [0.2, 0.25) is 0 Å². The van der Waals surface area contributed by atoms with Crippen molar-refractivity contribution in [2.45, 2.75) is 39.3 Å². The molecule has 29 heavy (non-hydrogen) atoms. The third-order valence-corrected chi connectivity index (χ3v) is 4.63. The summed E-state index contributed by atoms with van der Waals surface area (Å²) >= 11 is 0. The van der Waals surface area contributed by atoms with E-state index in [1.807, 2.05) is 18.3 Å². The summed E-state index contributed by atoms with van der Waals surface area (Å²) in [6, 6.07) is 12.1. The zero-order chi connectivity index (χ0) is 20.8. The van der Waals surface area contributed by atoms with E-state index in [-0.39, 0.29) is 12.3 Å². The number of aromatic nitrogens is 1. The van der Waals surface area contributed by atoms with Gasteiger partial charge in [-0.1, -0.05) is 31.9 Å². The molecule has 152 valence electrons. The van der Waals surface area contributed by atoms with E-state index in [0.717, 1.165) is 36.5 Å². The van der Waals surface area contributed by atoms with Crippen molar-refractivity contribution in [2.75, 3.05) is 0 Å². The number of hydrogen-bond acceptors (Lipinski definition) is 2. The molecule has 1 N–H and O–H groups in total. The number of hydrogen-bond donors (Lipinski definition) is 1. The smallest absolute Gasteiger partial charge is 0.352 e. The Balaban J connectivity index is 1.70. The van der Waals surface area contributed by atoms with Crippen LogP contribution in [0, 0.1) is 11.6 Å². The maximum atomic E-state index is 13.2. The molecular weight excluding hydrogens is 376 g/mol. The first-order valence-corrected chi connectivity index (χ1v) is 9.58. The highest BCUT2D eigenvalue weighted by molar-refractivity contribution is 5.88. The quantitative estimate of drug-likeness (QED) is 0.456. The predicted molar refractivity (Wildman–Crippen MR) is 107 cm³/mol. The standard InChI is InChI=1S/C23H23F2NO3/c1-2-3-4-9-26-14-18(12-22(26)23(27)28)17-5-7-21(8-6-17)29-15-16-10-19(24)13-20(25)11-16/h5-8,10-14H,2-4,9,15H2,1H3,(H,27,28). The zero-order valence-corrected chi connectivity index (χ0v) is 16.2. The Morgan fingerprint density at radius 2 is 1.69 bits per heavy atom. The Hall–Kier alpha value is -3.15. The van der Waals surface area contributed by atoms with E-state index in [4.69, 9.17) is 4.74 Å². The predicted octanol–water partition coefficient (Wildman–Crippen LogP) is 5.90. The molecule has 0 spiro atoms. The van der Waals surface area contributed by atoms with Crippen LogP contribution in [0.1, 0.15) is 42.2 Å². The molecule has 0 aliphatic carbocycles. The van der Waals surface area contributed by atoms with E-state index >= 15 is 0 Å². The summed E-state index contributed by atoms with van der Waals surface area (Å²) in [5.41, 5.74) is 2.36. The van der Waals surface area contributed by atoms with Crippen molar-refractivity contribution in [3.63, 3.8) is 0 Å². The normalized spacial score (nSPS) is 10.9. The van der Waals surface area contributed by atoms with Crippen molar-refractivity contribution < 1.29 is 23.4 Å². The van der Waals surface area contributed by atoms with Crippen LogP contribution in [0.3, 0.4) is 0 Å². The molecule has 3 rings (SSSR count). The highest BCUT2D eigenvalue weighted by Crippen LogP contribution is 2.26. The summed E-state index contributed by atoms with van der Waals surface area (Å²) in [6.07, 6.45) is 4.90. The van der Waals surface area contributed by atoms with Gasteiger partial charge in [-0.3, -0.25) is 0 Å². The van der Waals surface area contributed by atoms with Crippen molar-refractivity contribution >= 4 is 5.97 Å². The van der Waals surface area contributed by atoms with Crippen molar-refractivity contribution in [3.05, 3.63) is 77.6 Å². The fraction of sp³-hybridized carbons (Fsp3) is 0.261. The number of rotatable bonds is 9. The molecule has 0 fully saturated rings. The molecule has 1 aromatic heterocycles. The zero-order valence-electron chi connectivity index (χ0n) is 16.2. The number of benzene rings is 2. The number of nitrogens with zero attached hydrogens (tertiary/aromatic N) is 1.